The lowest BCUT2D eigenvalue weighted by Crippen LogP contribution is -2.54. The molecule has 1 heterocycles. The molecular formula is C26H30N6O7. The molecule has 0 aliphatic heterocycles. The number of rotatable bonds is 13. The van der Waals surface area contributed by atoms with Crippen LogP contribution in [0.1, 0.15) is 16.8 Å². The van der Waals surface area contributed by atoms with E-state index in [4.69, 9.17) is 5.73 Å². The molecule has 0 aliphatic rings. The van der Waals surface area contributed by atoms with E-state index in [2.05, 4.69) is 25.9 Å². The van der Waals surface area contributed by atoms with Crippen LogP contribution in [0.25, 0.3) is 0 Å². The molecule has 3 unspecified atom stereocenters. The zero-order valence-electron chi connectivity index (χ0n) is 20.8. The summed E-state index contributed by atoms with van der Waals surface area (Å²) < 4.78 is 0. The summed E-state index contributed by atoms with van der Waals surface area (Å²) in [6.07, 6.45) is 3.05. The van der Waals surface area contributed by atoms with Gasteiger partial charge in [-0.15, -0.1) is 0 Å². The van der Waals surface area contributed by atoms with E-state index in [1.54, 1.807) is 12.1 Å². The van der Waals surface area contributed by atoms with Gasteiger partial charge in [0.25, 0.3) is 0 Å². The van der Waals surface area contributed by atoms with Gasteiger partial charge in [-0.3, -0.25) is 14.4 Å². The fourth-order valence-corrected chi connectivity index (χ4v) is 3.69. The van der Waals surface area contributed by atoms with Gasteiger partial charge in [0.2, 0.25) is 17.7 Å². The molecule has 0 bridgehead atoms. The highest BCUT2D eigenvalue weighted by Crippen LogP contribution is 2.12. The fourth-order valence-electron chi connectivity index (χ4n) is 3.69. The molecule has 0 saturated heterocycles. The SMILES string of the molecule is NC(Cc1ccc(O)cc1)C(=O)NC(Cc1cnc[nH]1)C(=O)NCC(=O)NC(Cc1ccc(O)cc1)C(=O)O. The van der Waals surface area contributed by atoms with Crippen LogP contribution in [-0.4, -0.2) is 73.6 Å². The van der Waals surface area contributed by atoms with E-state index in [1.807, 2.05) is 0 Å². The van der Waals surface area contributed by atoms with E-state index in [9.17, 15) is 34.5 Å². The number of phenols is 2. The van der Waals surface area contributed by atoms with Crippen molar-refractivity contribution in [1.82, 2.24) is 25.9 Å². The minimum atomic E-state index is -1.27. The zero-order valence-corrected chi connectivity index (χ0v) is 20.8. The second kappa shape index (κ2) is 13.6. The first-order valence-corrected chi connectivity index (χ1v) is 12.0. The Labute approximate surface area is 223 Å². The molecule has 9 N–H and O–H groups in total. The number of amides is 3. The molecule has 13 heteroatoms. The highest BCUT2D eigenvalue weighted by molar-refractivity contribution is 5.92. The van der Waals surface area contributed by atoms with Crippen LogP contribution in [0.2, 0.25) is 0 Å². The number of aromatic amines is 1. The molecule has 39 heavy (non-hydrogen) atoms. The van der Waals surface area contributed by atoms with Crippen LogP contribution in [0.4, 0.5) is 0 Å². The molecular weight excluding hydrogens is 508 g/mol. The minimum Gasteiger partial charge on any atom is -0.508 e. The average molecular weight is 539 g/mol. The second-order valence-electron chi connectivity index (χ2n) is 8.87. The van der Waals surface area contributed by atoms with Gasteiger partial charge in [-0.05, 0) is 41.8 Å². The number of carbonyl (C=O) groups excluding carboxylic acids is 3. The number of carboxylic acids is 1. The van der Waals surface area contributed by atoms with Crippen molar-refractivity contribution in [3.05, 3.63) is 77.9 Å². The number of hydrogen-bond acceptors (Lipinski definition) is 8. The Kier molecular flexibility index (Phi) is 9.98. The predicted octanol–water partition coefficient (Wildman–Crippen LogP) is -0.653. The summed E-state index contributed by atoms with van der Waals surface area (Å²) in [5.74, 6) is -3.20. The summed E-state index contributed by atoms with van der Waals surface area (Å²) in [5, 5.41) is 35.6. The van der Waals surface area contributed by atoms with Crippen LogP contribution in [-0.2, 0) is 38.4 Å². The highest BCUT2D eigenvalue weighted by Gasteiger charge is 2.26. The first-order chi connectivity index (χ1) is 18.6. The zero-order chi connectivity index (χ0) is 28.4. The van der Waals surface area contributed by atoms with Gasteiger partial charge in [-0.25, -0.2) is 9.78 Å². The van der Waals surface area contributed by atoms with Crippen LogP contribution >= 0.6 is 0 Å². The molecule has 3 rings (SSSR count). The Hall–Kier alpha value is -4.91. The molecule has 1 aromatic heterocycles. The molecule has 206 valence electrons. The van der Waals surface area contributed by atoms with E-state index in [1.165, 1.54) is 48.9 Å². The van der Waals surface area contributed by atoms with Gasteiger partial charge >= 0.3 is 5.97 Å². The number of aromatic nitrogens is 2. The third-order valence-electron chi connectivity index (χ3n) is 5.77. The van der Waals surface area contributed by atoms with Crippen molar-refractivity contribution >= 4 is 23.7 Å². The number of aliphatic carboxylic acids is 1. The summed E-state index contributed by atoms with van der Waals surface area (Å²) in [6, 6.07) is 8.71. The monoisotopic (exact) mass is 538 g/mol. The second-order valence-corrected chi connectivity index (χ2v) is 8.87. The van der Waals surface area contributed by atoms with Crippen molar-refractivity contribution in [3.8, 4) is 11.5 Å². The first kappa shape index (κ1) is 28.7. The van der Waals surface area contributed by atoms with E-state index < -0.39 is 48.4 Å². The number of phenolic OH excluding ortho intramolecular Hbond substituents is 2. The maximum atomic E-state index is 12.9. The molecule has 3 atom stereocenters. The lowest BCUT2D eigenvalue weighted by atomic mass is 10.0. The summed E-state index contributed by atoms with van der Waals surface area (Å²) in [6.45, 7) is -0.535. The van der Waals surface area contributed by atoms with Crippen molar-refractivity contribution in [3.63, 3.8) is 0 Å². The number of imidazole rings is 1. The molecule has 0 spiro atoms. The predicted molar refractivity (Wildman–Crippen MR) is 138 cm³/mol. The maximum absolute atomic E-state index is 12.9. The molecule has 0 fully saturated rings. The Morgan fingerprint density at radius 3 is 1.95 bits per heavy atom. The number of aromatic hydroxyl groups is 2. The van der Waals surface area contributed by atoms with Gasteiger partial charge in [0.15, 0.2) is 0 Å². The highest BCUT2D eigenvalue weighted by atomic mass is 16.4. The molecule has 3 aromatic rings. The molecule has 2 aromatic carbocycles. The lowest BCUT2D eigenvalue weighted by Gasteiger charge is -2.21. The van der Waals surface area contributed by atoms with Crippen LogP contribution in [0, 0.1) is 0 Å². The van der Waals surface area contributed by atoms with E-state index >= 15 is 0 Å². The number of carboxylic acid groups (broad SMARTS) is 1. The van der Waals surface area contributed by atoms with E-state index in [0.717, 1.165) is 0 Å². The fraction of sp³-hybridized carbons (Fsp3) is 0.269. The summed E-state index contributed by atoms with van der Waals surface area (Å²) in [4.78, 5) is 56.5. The van der Waals surface area contributed by atoms with Crippen molar-refractivity contribution in [1.29, 1.82) is 0 Å². The molecule has 0 saturated carbocycles. The molecule has 0 radical (unpaired) electrons. The van der Waals surface area contributed by atoms with Gasteiger partial charge in [0.05, 0.1) is 18.9 Å². The Balaban J connectivity index is 1.58. The maximum Gasteiger partial charge on any atom is 0.326 e. The Bertz CT molecular complexity index is 1260. The largest absolute Gasteiger partial charge is 0.508 e. The van der Waals surface area contributed by atoms with Crippen molar-refractivity contribution in [2.24, 2.45) is 5.73 Å². The number of hydrogen-bond donors (Lipinski definition) is 8. The molecule has 13 nitrogen and oxygen atoms in total. The van der Waals surface area contributed by atoms with Gasteiger partial charge in [-0.2, -0.15) is 0 Å². The van der Waals surface area contributed by atoms with Gasteiger partial charge in [-0.1, -0.05) is 24.3 Å². The first-order valence-electron chi connectivity index (χ1n) is 12.0. The summed E-state index contributed by atoms with van der Waals surface area (Å²) in [7, 11) is 0. The summed E-state index contributed by atoms with van der Waals surface area (Å²) in [5.41, 5.74) is 7.86. The van der Waals surface area contributed by atoms with Crippen LogP contribution < -0.4 is 21.7 Å². The van der Waals surface area contributed by atoms with Gasteiger partial charge < -0.3 is 42.0 Å². The number of nitrogens with one attached hydrogen (secondary N) is 4. The van der Waals surface area contributed by atoms with Crippen LogP contribution in [0.3, 0.4) is 0 Å². The average Bonchev–Trinajstić information content (AvgIpc) is 3.42. The number of benzene rings is 2. The standard InChI is InChI=1S/C26H30N6O7/c27-20(9-15-1-5-18(33)6-2-15)24(36)32-21(11-17-12-28-14-30-17)25(37)29-13-23(35)31-22(26(38)39)10-16-3-7-19(34)8-4-16/h1-8,12,14,20-22,33-34H,9-11,13,27H2,(H,28,30)(H,29,37)(H,31,35)(H,32,36)(H,38,39). The van der Waals surface area contributed by atoms with E-state index in [0.29, 0.717) is 16.8 Å². The van der Waals surface area contributed by atoms with Crippen molar-refractivity contribution in [2.45, 2.75) is 37.4 Å². The third kappa shape index (κ3) is 9.16. The number of carbonyl (C=O) groups is 4. The molecule has 3 amide bonds. The number of nitrogens with zero attached hydrogens (tertiary/aromatic N) is 1. The topological polar surface area (TPSA) is 220 Å². The quantitative estimate of drug-likeness (QED) is 0.138. The van der Waals surface area contributed by atoms with Crippen LogP contribution in [0.15, 0.2) is 61.1 Å². The lowest BCUT2D eigenvalue weighted by molar-refractivity contribution is -0.141. The van der Waals surface area contributed by atoms with Crippen molar-refractivity contribution in [2.75, 3.05) is 6.54 Å². The minimum absolute atomic E-state index is 0.0236. The third-order valence-corrected chi connectivity index (χ3v) is 5.77. The van der Waals surface area contributed by atoms with E-state index in [-0.39, 0.29) is 30.8 Å². The number of nitrogens with two attached hydrogens (primary N) is 1. The van der Waals surface area contributed by atoms with Gasteiger partial charge in [0.1, 0.15) is 23.6 Å². The summed E-state index contributed by atoms with van der Waals surface area (Å²) >= 11 is 0. The van der Waals surface area contributed by atoms with Gasteiger partial charge in [0, 0.05) is 24.7 Å². The Morgan fingerprint density at radius 2 is 1.41 bits per heavy atom. The normalized spacial score (nSPS) is 13.1. The smallest absolute Gasteiger partial charge is 0.326 e. The Morgan fingerprint density at radius 1 is 0.821 bits per heavy atom. The number of H-pyrrole nitrogens is 1. The van der Waals surface area contributed by atoms with Crippen LogP contribution in [0.5, 0.6) is 11.5 Å². The molecule has 0 aliphatic carbocycles. The van der Waals surface area contributed by atoms with Crippen molar-refractivity contribution < 1.29 is 34.5 Å².